The number of alkyl halides is 3. The van der Waals surface area contributed by atoms with E-state index in [1.54, 1.807) is 0 Å². The van der Waals surface area contributed by atoms with Crippen molar-refractivity contribution >= 4 is 34.1 Å². The number of carbonyl (C=O) groups excluding carboxylic acids is 1. The number of amides is 1. The van der Waals surface area contributed by atoms with Crippen LogP contribution in [0.3, 0.4) is 0 Å². The van der Waals surface area contributed by atoms with E-state index in [-0.39, 0.29) is 47.9 Å². The van der Waals surface area contributed by atoms with Crippen LogP contribution in [0.4, 0.5) is 30.4 Å². The second-order valence-corrected chi connectivity index (χ2v) is 12.7. The van der Waals surface area contributed by atoms with Gasteiger partial charge in [0.25, 0.3) is 0 Å². The average Bonchev–Trinajstić information content (AvgIpc) is 3.55. The lowest BCUT2D eigenvalue weighted by molar-refractivity contribution is -0.161. The lowest BCUT2D eigenvalue weighted by Crippen LogP contribution is -2.46. The lowest BCUT2D eigenvalue weighted by atomic mass is 9.76. The third-order valence-corrected chi connectivity index (χ3v) is 9.24. The zero-order valence-electron chi connectivity index (χ0n) is 24.5. The van der Waals surface area contributed by atoms with Crippen LogP contribution in [-0.4, -0.2) is 63.0 Å². The Bertz CT molecular complexity index is 1500. The first kappa shape index (κ1) is 29.6. The molecule has 3 aliphatic rings. The zero-order valence-corrected chi connectivity index (χ0v) is 24.5. The molecule has 4 atom stereocenters. The van der Waals surface area contributed by atoms with Crippen molar-refractivity contribution in [1.29, 1.82) is 0 Å². The van der Waals surface area contributed by atoms with Crippen LogP contribution in [0.5, 0.6) is 0 Å². The van der Waals surface area contributed by atoms with E-state index in [1.165, 1.54) is 12.4 Å². The molecule has 0 bridgehead atoms. The minimum atomic E-state index is -4.48. The Labute approximate surface area is 247 Å². The molecule has 2 aliphatic carbocycles. The number of anilines is 3. The SMILES string of the molecule is CN(C[C@H]1CC(n2ccc3c(N)ncnc32)[C@@H]2OC(C)(C)O[C@H]12)C1CC(CCC(=O)Nc2ccc(C(F)(F)F)cc2N)C1. The van der Waals surface area contributed by atoms with Gasteiger partial charge >= 0.3 is 6.18 Å². The third kappa shape index (κ3) is 5.89. The molecule has 1 saturated heterocycles. The molecule has 1 amide bonds. The largest absolute Gasteiger partial charge is 0.416 e. The molecule has 0 radical (unpaired) electrons. The van der Waals surface area contributed by atoms with Crippen LogP contribution in [-0.2, 0) is 20.4 Å². The molecule has 3 fully saturated rings. The van der Waals surface area contributed by atoms with E-state index in [9.17, 15) is 18.0 Å². The molecular weight excluding hydrogens is 563 g/mol. The van der Waals surface area contributed by atoms with Crippen LogP contribution in [0.15, 0.2) is 36.8 Å². The second kappa shape index (κ2) is 10.9. The highest BCUT2D eigenvalue weighted by Crippen LogP contribution is 2.48. The Morgan fingerprint density at radius 2 is 1.88 bits per heavy atom. The highest BCUT2D eigenvalue weighted by molar-refractivity contribution is 5.93. The summed E-state index contributed by atoms with van der Waals surface area (Å²) in [5, 5.41) is 3.48. The fraction of sp³-hybridized carbons (Fsp3) is 0.567. The number of rotatable bonds is 8. The van der Waals surface area contributed by atoms with Crippen LogP contribution in [0.2, 0.25) is 0 Å². The molecule has 0 spiro atoms. The summed E-state index contributed by atoms with van der Waals surface area (Å²) in [4.78, 5) is 23.5. The molecule has 3 aromatic rings. The minimum absolute atomic E-state index is 0.0451. The molecule has 43 heavy (non-hydrogen) atoms. The molecular formula is C30H38F3N7O3. The van der Waals surface area contributed by atoms with E-state index >= 15 is 0 Å². The summed E-state index contributed by atoms with van der Waals surface area (Å²) in [5.41, 5.74) is 11.9. The van der Waals surface area contributed by atoms with Gasteiger partial charge in [-0.1, -0.05) is 0 Å². The van der Waals surface area contributed by atoms with Crippen LogP contribution < -0.4 is 16.8 Å². The molecule has 232 valence electrons. The molecule has 13 heteroatoms. The summed E-state index contributed by atoms with van der Waals surface area (Å²) >= 11 is 0. The van der Waals surface area contributed by atoms with E-state index in [4.69, 9.17) is 20.9 Å². The molecule has 10 nitrogen and oxygen atoms in total. The number of halogens is 3. The van der Waals surface area contributed by atoms with Gasteiger partial charge < -0.3 is 35.7 Å². The molecule has 2 saturated carbocycles. The average molecular weight is 602 g/mol. The predicted molar refractivity (Wildman–Crippen MR) is 156 cm³/mol. The standard InChI is InChI=1S/C30H38F3N7O3/c1-29(2)42-25-17(12-23(26(25)43-29)40-9-8-20-27(35)36-15-37-28(20)40)14-39(3)19-10-16(11-19)4-7-24(41)38-22-6-5-18(13-21(22)34)30(31,32)33/h5-6,8-9,13,15-17,19,23,25-26H,4,7,10-12,14,34H2,1-3H3,(H,38,41)(H2,35,36,37)/t16?,17-,19?,23?,25-,26+/m1/s1. The normalized spacial score (nSPS) is 28.3. The summed E-state index contributed by atoms with van der Waals surface area (Å²) in [5.74, 6) is 0.205. The number of fused-ring (bicyclic) bond motifs is 2. The number of nitrogens with two attached hydrogens (primary N) is 2. The highest BCUT2D eigenvalue weighted by Gasteiger charge is 2.55. The monoisotopic (exact) mass is 601 g/mol. The molecule has 1 aromatic carbocycles. The van der Waals surface area contributed by atoms with Crippen molar-refractivity contribution in [2.75, 3.05) is 30.4 Å². The maximum Gasteiger partial charge on any atom is 0.416 e. The Balaban J connectivity index is 1.01. The van der Waals surface area contributed by atoms with Gasteiger partial charge in [-0.05, 0) is 76.8 Å². The van der Waals surface area contributed by atoms with Crippen molar-refractivity contribution in [2.24, 2.45) is 11.8 Å². The number of ether oxygens (including phenoxy) is 2. The first-order valence-corrected chi connectivity index (χ1v) is 14.7. The lowest BCUT2D eigenvalue weighted by Gasteiger charge is -2.42. The Hall–Kier alpha value is -3.42. The van der Waals surface area contributed by atoms with E-state index in [1.807, 2.05) is 26.1 Å². The fourth-order valence-corrected chi connectivity index (χ4v) is 6.98. The van der Waals surface area contributed by atoms with Crippen molar-refractivity contribution in [3.05, 3.63) is 42.4 Å². The van der Waals surface area contributed by atoms with E-state index in [0.717, 1.165) is 49.0 Å². The number of nitrogens with one attached hydrogen (secondary N) is 1. The first-order valence-electron chi connectivity index (χ1n) is 14.7. The maximum absolute atomic E-state index is 12.9. The maximum atomic E-state index is 12.9. The topological polar surface area (TPSA) is 134 Å². The van der Waals surface area contributed by atoms with Crippen LogP contribution in [0, 0.1) is 11.8 Å². The summed E-state index contributed by atoms with van der Waals surface area (Å²) in [6.45, 7) is 4.77. The van der Waals surface area contributed by atoms with Gasteiger partial charge in [-0.25, -0.2) is 9.97 Å². The molecule has 1 aliphatic heterocycles. The fourth-order valence-electron chi connectivity index (χ4n) is 6.98. The number of nitrogen functional groups attached to an aromatic ring is 2. The third-order valence-electron chi connectivity index (χ3n) is 9.24. The summed E-state index contributed by atoms with van der Waals surface area (Å²) < 4.78 is 53.6. The number of benzene rings is 1. The first-order chi connectivity index (χ1) is 20.3. The number of hydrogen-bond acceptors (Lipinski definition) is 8. The Morgan fingerprint density at radius 3 is 2.60 bits per heavy atom. The second-order valence-electron chi connectivity index (χ2n) is 12.7. The van der Waals surface area contributed by atoms with Gasteiger partial charge in [0.15, 0.2) is 5.79 Å². The highest BCUT2D eigenvalue weighted by atomic mass is 19.4. The Morgan fingerprint density at radius 1 is 1.14 bits per heavy atom. The Kier molecular flexibility index (Phi) is 7.54. The van der Waals surface area contributed by atoms with Gasteiger partial charge in [-0.15, -0.1) is 0 Å². The summed E-state index contributed by atoms with van der Waals surface area (Å²) in [7, 11) is 2.14. The van der Waals surface area contributed by atoms with E-state index in [2.05, 4.69) is 31.8 Å². The van der Waals surface area contributed by atoms with Crippen molar-refractivity contribution in [3.8, 4) is 0 Å². The van der Waals surface area contributed by atoms with Gasteiger partial charge in [0.05, 0.1) is 34.5 Å². The van der Waals surface area contributed by atoms with E-state index in [0.29, 0.717) is 24.2 Å². The van der Waals surface area contributed by atoms with E-state index < -0.39 is 17.5 Å². The predicted octanol–water partition coefficient (Wildman–Crippen LogP) is 4.82. The van der Waals surface area contributed by atoms with Gasteiger partial charge in [0, 0.05) is 31.1 Å². The van der Waals surface area contributed by atoms with Crippen molar-refractivity contribution in [1.82, 2.24) is 19.4 Å². The molecule has 3 heterocycles. The van der Waals surface area contributed by atoms with Gasteiger partial charge in [-0.3, -0.25) is 4.79 Å². The molecule has 2 aromatic heterocycles. The molecule has 1 unspecified atom stereocenters. The number of hydrogen-bond donors (Lipinski definition) is 3. The smallest absolute Gasteiger partial charge is 0.397 e. The zero-order chi connectivity index (χ0) is 30.7. The number of nitrogens with zero attached hydrogens (tertiary/aromatic N) is 4. The number of aromatic nitrogens is 3. The van der Waals surface area contributed by atoms with Crippen LogP contribution >= 0.6 is 0 Å². The molecule has 5 N–H and O–H groups in total. The summed E-state index contributed by atoms with van der Waals surface area (Å²) in [6, 6.07) is 5.38. The van der Waals surface area contributed by atoms with Gasteiger partial charge in [0.2, 0.25) is 5.91 Å². The van der Waals surface area contributed by atoms with Crippen LogP contribution in [0.25, 0.3) is 11.0 Å². The van der Waals surface area contributed by atoms with Crippen molar-refractivity contribution < 1.29 is 27.4 Å². The van der Waals surface area contributed by atoms with Crippen molar-refractivity contribution in [3.63, 3.8) is 0 Å². The van der Waals surface area contributed by atoms with Gasteiger partial charge in [-0.2, -0.15) is 13.2 Å². The minimum Gasteiger partial charge on any atom is -0.397 e. The molecule has 6 rings (SSSR count). The number of carbonyl (C=O) groups is 1. The quantitative estimate of drug-likeness (QED) is 0.313. The van der Waals surface area contributed by atoms with Crippen molar-refractivity contribution in [2.45, 2.75) is 82.2 Å². The summed E-state index contributed by atoms with van der Waals surface area (Å²) in [6.07, 6.45) is 2.71. The van der Waals surface area contributed by atoms with Crippen LogP contribution in [0.1, 0.15) is 57.6 Å². The van der Waals surface area contributed by atoms with Gasteiger partial charge in [0.1, 0.15) is 23.9 Å².